The molecule has 7 nitrogen and oxygen atoms in total. The molecule has 3 rings (SSSR count). The number of carbonyl (C=O) groups excluding carboxylic acids is 2. The van der Waals surface area contributed by atoms with Gasteiger partial charge >= 0.3 is 5.97 Å². The van der Waals surface area contributed by atoms with Crippen molar-refractivity contribution in [2.24, 2.45) is 5.10 Å². The van der Waals surface area contributed by atoms with Crippen molar-refractivity contribution < 1.29 is 23.8 Å². The third-order valence-corrected chi connectivity index (χ3v) is 5.32. The minimum atomic E-state index is -0.531. The predicted octanol–water partition coefficient (Wildman–Crippen LogP) is 5.83. The molecule has 188 valence electrons. The molecule has 0 radical (unpaired) electrons. The van der Waals surface area contributed by atoms with E-state index in [4.69, 9.17) is 25.8 Å². The molecule has 0 aromatic heterocycles. The van der Waals surface area contributed by atoms with Crippen LogP contribution in [0.2, 0.25) is 5.02 Å². The molecular formula is C28H29ClN2O5. The van der Waals surface area contributed by atoms with Crippen LogP contribution in [0.3, 0.4) is 0 Å². The number of amides is 1. The molecule has 0 atom stereocenters. The van der Waals surface area contributed by atoms with Crippen LogP contribution in [-0.2, 0) is 11.2 Å². The molecule has 3 aromatic rings. The molecule has 0 aliphatic heterocycles. The van der Waals surface area contributed by atoms with Crippen molar-refractivity contribution in [2.75, 3.05) is 13.2 Å². The summed E-state index contributed by atoms with van der Waals surface area (Å²) >= 11 is 5.87. The van der Waals surface area contributed by atoms with Crippen molar-refractivity contribution in [2.45, 2.75) is 33.1 Å². The highest BCUT2D eigenvalue weighted by atomic mass is 35.5. The lowest BCUT2D eigenvalue weighted by Crippen LogP contribution is -2.24. The Morgan fingerprint density at radius 2 is 1.69 bits per heavy atom. The average molecular weight is 509 g/mol. The second-order valence-corrected chi connectivity index (χ2v) is 8.30. The van der Waals surface area contributed by atoms with Crippen molar-refractivity contribution in [1.82, 2.24) is 5.43 Å². The molecule has 0 saturated heterocycles. The van der Waals surface area contributed by atoms with Gasteiger partial charge in [-0.2, -0.15) is 5.10 Å². The summed E-state index contributed by atoms with van der Waals surface area (Å²) in [5.41, 5.74) is 4.69. The van der Waals surface area contributed by atoms with E-state index in [-0.39, 0.29) is 18.3 Å². The molecule has 0 aliphatic rings. The number of ether oxygens (including phenoxy) is 3. The van der Waals surface area contributed by atoms with E-state index < -0.39 is 5.97 Å². The van der Waals surface area contributed by atoms with Gasteiger partial charge in [0.2, 0.25) is 0 Å². The maximum absolute atomic E-state index is 12.4. The Labute approximate surface area is 216 Å². The monoisotopic (exact) mass is 508 g/mol. The molecule has 3 aromatic carbocycles. The molecule has 0 aliphatic carbocycles. The predicted molar refractivity (Wildman–Crippen MR) is 140 cm³/mol. The Kier molecular flexibility index (Phi) is 10.3. The summed E-state index contributed by atoms with van der Waals surface area (Å²) in [6.07, 6.45) is 4.79. The van der Waals surface area contributed by atoms with Crippen molar-refractivity contribution in [3.05, 3.63) is 88.4 Å². The van der Waals surface area contributed by atoms with E-state index >= 15 is 0 Å². The third-order valence-electron chi connectivity index (χ3n) is 5.07. The fraction of sp³-hybridized carbons (Fsp3) is 0.250. The standard InChI is InChI=1S/C28H29ClN2O5/c1-3-5-6-20-7-14-24(15-8-20)35-19-27(32)31-30-18-21-9-16-25(26(17-21)34-4-2)36-28(33)22-10-12-23(29)13-11-22/h7-18H,3-6,19H2,1-2H3,(H,31,32)/b30-18-. The highest BCUT2D eigenvalue weighted by Gasteiger charge is 2.13. The van der Waals surface area contributed by atoms with Crippen LogP contribution in [-0.4, -0.2) is 31.3 Å². The van der Waals surface area contributed by atoms with E-state index in [9.17, 15) is 9.59 Å². The zero-order valence-electron chi connectivity index (χ0n) is 20.3. The van der Waals surface area contributed by atoms with Gasteiger partial charge in [0.25, 0.3) is 5.91 Å². The number of aryl methyl sites for hydroxylation is 1. The maximum atomic E-state index is 12.4. The lowest BCUT2D eigenvalue weighted by molar-refractivity contribution is -0.123. The fourth-order valence-corrected chi connectivity index (χ4v) is 3.32. The SMILES string of the molecule is CCCCc1ccc(OCC(=O)N/N=C\c2ccc(OC(=O)c3ccc(Cl)cc3)c(OCC)c2)cc1. The minimum absolute atomic E-state index is 0.157. The molecular weight excluding hydrogens is 480 g/mol. The topological polar surface area (TPSA) is 86.2 Å². The van der Waals surface area contributed by atoms with E-state index in [1.807, 2.05) is 31.2 Å². The van der Waals surface area contributed by atoms with Gasteiger partial charge in [0.05, 0.1) is 18.4 Å². The molecule has 1 amide bonds. The number of hydrazone groups is 1. The van der Waals surface area contributed by atoms with Gasteiger partial charge in [-0.3, -0.25) is 4.79 Å². The number of hydrogen-bond acceptors (Lipinski definition) is 6. The number of hydrogen-bond donors (Lipinski definition) is 1. The van der Waals surface area contributed by atoms with Gasteiger partial charge in [0.15, 0.2) is 18.1 Å². The van der Waals surface area contributed by atoms with Gasteiger partial charge in [0, 0.05) is 5.02 Å². The second-order valence-electron chi connectivity index (χ2n) is 7.86. The molecule has 0 heterocycles. The number of esters is 1. The van der Waals surface area contributed by atoms with Crippen LogP contribution < -0.4 is 19.6 Å². The molecule has 0 spiro atoms. The number of carbonyl (C=O) groups is 2. The first-order chi connectivity index (χ1) is 17.5. The van der Waals surface area contributed by atoms with Gasteiger partial charge in [-0.15, -0.1) is 0 Å². The Morgan fingerprint density at radius 3 is 2.39 bits per heavy atom. The molecule has 36 heavy (non-hydrogen) atoms. The first-order valence-corrected chi connectivity index (χ1v) is 12.1. The number of benzene rings is 3. The number of unbranched alkanes of at least 4 members (excludes halogenated alkanes) is 1. The van der Waals surface area contributed by atoms with Gasteiger partial charge in [-0.25, -0.2) is 10.2 Å². The van der Waals surface area contributed by atoms with Crippen molar-refractivity contribution in [3.63, 3.8) is 0 Å². The normalized spacial score (nSPS) is 10.8. The summed E-state index contributed by atoms with van der Waals surface area (Å²) in [5.74, 6) is 0.351. The number of nitrogens with one attached hydrogen (secondary N) is 1. The van der Waals surface area contributed by atoms with E-state index in [0.29, 0.717) is 34.3 Å². The summed E-state index contributed by atoms with van der Waals surface area (Å²) in [6.45, 7) is 4.20. The number of rotatable bonds is 12. The van der Waals surface area contributed by atoms with Crippen LogP contribution in [0.25, 0.3) is 0 Å². The lowest BCUT2D eigenvalue weighted by atomic mass is 10.1. The molecule has 0 fully saturated rings. The summed E-state index contributed by atoms with van der Waals surface area (Å²) in [5, 5.41) is 4.50. The van der Waals surface area contributed by atoms with Crippen LogP contribution in [0.5, 0.6) is 17.2 Å². The molecule has 0 unspecified atom stereocenters. The van der Waals surface area contributed by atoms with E-state index in [0.717, 1.165) is 19.3 Å². The lowest BCUT2D eigenvalue weighted by Gasteiger charge is -2.11. The average Bonchev–Trinajstić information content (AvgIpc) is 2.88. The van der Waals surface area contributed by atoms with Crippen molar-refractivity contribution in [1.29, 1.82) is 0 Å². The van der Waals surface area contributed by atoms with E-state index in [1.54, 1.807) is 42.5 Å². The van der Waals surface area contributed by atoms with Gasteiger partial charge in [-0.1, -0.05) is 37.1 Å². The van der Waals surface area contributed by atoms with E-state index in [2.05, 4.69) is 17.5 Å². The Morgan fingerprint density at radius 1 is 0.944 bits per heavy atom. The Hall–Kier alpha value is -3.84. The summed E-state index contributed by atoms with van der Waals surface area (Å²) < 4.78 is 16.6. The van der Waals surface area contributed by atoms with Crippen LogP contribution in [0.1, 0.15) is 48.2 Å². The first-order valence-electron chi connectivity index (χ1n) is 11.8. The van der Waals surface area contributed by atoms with Crippen LogP contribution in [0.15, 0.2) is 71.8 Å². The third kappa shape index (κ3) is 8.43. The van der Waals surface area contributed by atoms with Crippen LogP contribution in [0.4, 0.5) is 0 Å². The summed E-state index contributed by atoms with van der Waals surface area (Å²) in [6, 6.07) is 19.1. The molecule has 0 saturated carbocycles. The zero-order valence-corrected chi connectivity index (χ0v) is 21.1. The second kappa shape index (κ2) is 13.9. The largest absolute Gasteiger partial charge is 0.490 e. The minimum Gasteiger partial charge on any atom is -0.490 e. The van der Waals surface area contributed by atoms with Gasteiger partial charge in [-0.05, 0) is 85.5 Å². The van der Waals surface area contributed by atoms with Gasteiger partial charge < -0.3 is 14.2 Å². The quantitative estimate of drug-likeness (QED) is 0.144. The molecule has 8 heteroatoms. The number of nitrogens with zero attached hydrogens (tertiary/aromatic N) is 1. The summed E-state index contributed by atoms with van der Waals surface area (Å²) in [4.78, 5) is 24.5. The van der Waals surface area contributed by atoms with Crippen molar-refractivity contribution in [3.8, 4) is 17.2 Å². The highest BCUT2D eigenvalue weighted by molar-refractivity contribution is 6.30. The summed E-state index contributed by atoms with van der Waals surface area (Å²) in [7, 11) is 0. The smallest absolute Gasteiger partial charge is 0.343 e. The Bertz CT molecular complexity index is 1180. The van der Waals surface area contributed by atoms with Gasteiger partial charge in [0.1, 0.15) is 5.75 Å². The fourth-order valence-electron chi connectivity index (χ4n) is 3.20. The van der Waals surface area contributed by atoms with Crippen LogP contribution >= 0.6 is 11.6 Å². The maximum Gasteiger partial charge on any atom is 0.343 e. The van der Waals surface area contributed by atoms with Crippen molar-refractivity contribution >= 4 is 29.7 Å². The highest BCUT2D eigenvalue weighted by Crippen LogP contribution is 2.29. The Balaban J connectivity index is 1.53. The number of halogens is 1. The molecule has 1 N–H and O–H groups in total. The van der Waals surface area contributed by atoms with E-state index in [1.165, 1.54) is 11.8 Å². The first kappa shape index (κ1) is 26.8. The van der Waals surface area contributed by atoms with Crippen LogP contribution in [0, 0.1) is 0 Å². The zero-order chi connectivity index (χ0) is 25.8. The molecule has 0 bridgehead atoms.